The number of nitrogens with zero attached hydrogens (tertiary/aromatic N) is 2. The summed E-state index contributed by atoms with van der Waals surface area (Å²) < 4.78 is 22.0. The molecular weight excluding hydrogens is 464 g/mol. The van der Waals surface area contributed by atoms with E-state index in [0.717, 1.165) is 21.5 Å². The van der Waals surface area contributed by atoms with Crippen molar-refractivity contribution in [1.82, 2.24) is 19.9 Å². The van der Waals surface area contributed by atoms with Gasteiger partial charge in [-0.1, -0.05) is 6.07 Å². The number of hydrogen-bond acceptors (Lipinski definition) is 9. The zero-order valence-electron chi connectivity index (χ0n) is 18.0. The van der Waals surface area contributed by atoms with Crippen LogP contribution in [-0.4, -0.2) is 41.5 Å². The number of ether oxygens (including phenoxy) is 4. The van der Waals surface area contributed by atoms with Gasteiger partial charge in [0.1, 0.15) is 10.5 Å². The molecule has 1 aliphatic heterocycles. The summed E-state index contributed by atoms with van der Waals surface area (Å²) in [4.78, 5) is 45.6. The minimum absolute atomic E-state index is 0.0630. The van der Waals surface area contributed by atoms with Gasteiger partial charge in [0.05, 0.1) is 24.6 Å². The Hall–Kier alpha value is -4.32. The average Bonchev–Trinajstić information content (AvgIpc) is 3.49. The molecule has 11 nitrogen and oxygen atoms in total. The van der Waals surface area contributed by atoms with Crippen molar-refractivity contribution in [2.24, 2.45) is 0 Å². The van der Waals surface area contributed by atoms with Crippen molar-refractivity contribution in [3.05, 3.63) is 67.7 Å². The van der Waals surface area contributed by atoms with E-state index in [-0.39, 0.29) is 46.0 Å². The summed E-state index contributed by atoms with van der Waals surface area (Å²) in [6.07, 6.45) is 0. The first-order valence-corrected chi connectivity index (χ1v) is 10.8. The quantitative estimate of drug-likeness (QED) is 0.425. The van der Waals surface area contributed by atoms with E-state index in [9.17, 15) is 14.4 Å². The molecule has 12 heteroatoms. The molecule has 0 atom stereocenters. The number of aromatic amines is 1. The molecule has 0 radical (unpaired) electrons. The number of carbonyl (C=O) groups excluding carboxylic acids is 1. The molecule has 0 saturated carbocycles. The van der Waals surface area contributed by atoms with Gasteiger partial charge in [-0.25, -0.2) is 9.36 Å². The van der Waals surface area contributed by atoms with Crippen molar-refractivity contribution in [1.29, 1.82) is 0 Å². The molecule has 3 aromatic heterocycles. The first kappa shape index (κ1) is 21.5. The van der Waals surface area contributed by atoms with Gasteiger partial charge < -0.3 is 29.2 Å². The number of hydrogen-bond donors (Lipinski definition) is 2. The van der Waals surface area contributed by atoms with Gasteiger partial charge in [0, 0.05) is 6.54 Å². The van der Waals surface area contributed by atoms with E-state index in [0.29, 0.717) is 17.2 Å². The molecule has 1 aliphatic rings. The SMILES string of the molecule is COc1ccc(-n2c(=O)[nH]c3cc(C(=O)NCc4ccc5c(c4)OCO5)sc3c2=O)nc1OC. The maximum absolute atomic E-state index is 13.1. The lowest BCUT2D eigenvalue weighted by Gasteiger charge is -2.09. The molecule has 0 aliphatic carbocycles. The lowest BCUT2D eigenvalue weighted by molar-refractivity contribution is 0.0955. The van der Waals surface area contributed by atoms with E-state index in [2.05, 4.69) is 15.3 Å². The minimum atomic E-state index is -0.692. The van der Waals surface area contributed by atoms with Crippen LogP contribution in [0.25, 0.3) is 16.0 Å². The zero-order valence-corrected chi connectivity index (χ0v) is 18.9. The number of thiophene rings is 1. The van der Waals surface area contributed by atoms with E-state index in [4.69, 9.17) is 18.9 Å². The van der Waals surface area contributed by atoms with Gasteiger partial charge in [0.2, 0.25) is 6.79 Å². The molecule has 0 saturated heterocycles. The van der Waals surface area contributed by atoms with Gasteiger partial charge in [-0.15, -0.1) is 11.3 Å². The smallest absolute Gasteiger partial charge is 0.334 e. The highest BCUT2D eigenvalue weighted by Gasteiger charge is 2.19. The van der Waals surface area contributed by atoms with E-state index in [1.54, 1.807) is 18.2 Å². The summed E-state index contributed by atoms with van der Waals surface area (Å²) in [5.41, 5.74) is -0.195. The van der Waals surface area contributed by atoms with Crippen LogP contribution in [0.1, 0.15) is 15.2 Å². The molecular formula is C22H18N4O7S. The van der Waals surface area contributed by atoms with Gasteiger partial charge in [-0.2, -0.15) is 4.98 Å². The number of methoxy groups -OCH3 is 2. The number of pyridine rings is 1. The summed E-state index contributed by atoms with van der Waals surface area (Å²) in [5.74, 6) is 1.44. The monoisotopic (exact) mass is 482 g/mol. The Morgan fingerprint density at radius 2 is 1.97 bits per heavy atom. The second-order valence-corrected chi connectivity index (χ2v) is 8.23. The Kier molecular flexibility index (Phi) is 5.42. The second kappa shape index (κ2) is 8.56. The lowest BCUT2D eigenvalue weighted by Crippen LogP contribution is -2.33. The number of H-pyrrole nitrogens is 1. The van der Waals surface area contributed by atoms with Crippen LogP contribution in [0.2, 0.25) is 0 Å². The first-order chi connectivity index (χ1) is 16.5. The minimum Gasteiger partial charge on any atom is -0.491 e. The fourth-order valence-electron chi connectivity index (χ4n) is 3.49. The number of rotatable bonds is 6. The third kappa shape index (κ3) is 3.73. The number of nitrogens with one attached hydrogen (secondary N) is 2. The highest BCUT2D eigenvalue weighted by atomic mass is 32.1. The maximum atomic E-state index is 13.1. The van der Waals surface area contributed by atoms with E-state index in [1.165, 1.54) is 26.4 Å². The number of benzene rings is 1. The topological polar surface area (TPSA) is 134 Å². The average molecular weight is 482 g/mol. The molecule has 1 amide bonds. The number of fused-ring (bicyclic) bond motifs is 2. The van der Waals surface area contributed by atoms with Gasteiger partial charge in [-0.05, 0) is 35.9 Å². The molecule has 4 aromatic rings. The Labute approximate surface area is 195 Å². The maximum Gasteiger partial charge on any atom is 0.334 e. The number of carbonyl (C=O) groups is 1. The molecule has 5 rings (SSSR count). The van der Waals surface area contributed by atoms with Crippen molar-refractivity contribution in [3.63, 3.8) is 0 Å². The highest BCUT2D eigenvalue weighted by Crippen LogP contribution is 2.32. The standard InChI is InChI=1S/C22H18N4O7S/c1-30-14-5-6-17(25-20(14)31-2)26-21(28)18-12(24-22(26)29)8-16(34-18)19(27)23-9-11-3-4-13-15(7-11)33-10-32-13/h3-8H,9-10H2,1-2H3,(H,23,27)(H,24,29). The van der Waals surface area contributed by atoms with E-state index in [1.807, 2.05) is 6.07 Å². The van der Waals surface area contributed by atoms with Crippen LogP contribution in [-0.2, 0) is 6.54 Å². The molecule has 0 bridgehead atoms. The van der Waals surface area contributed by atoms with Crippen LogP contribution in [0.4, 0.5) is 0 Å². The van der Waals surface area contributed by atoms with Gasteiger partial charge in [0.15, 0.2) is 17.2 Å². The summed E-state index contributed by atoms with van der Waals surface area (Å²) in [6.45, 7) is 0.418. The molecule has 1 aromatic carbocycles. The molecule has 0 spiro atoms. The Bertz CT molecular complexity index is 1540. The van der Waals surface area contributed by atoms with E-state index >= 15 is 0 Å². The Morgan fingerprint density at radius 1 is 1.15 bits per heavy atom. The molecule has 2 N–H and O–H groups in total. The van der Waals surface area contributed by atoms with E-state index < -0.39 is 11.2 Å². The molecule has 0 unspecified atom stereocenters. The van der Waals surface area contributed by atoms with Crippen molar-refractivity contribution >= 4 is 27.5 Å². The molecule has 4 heterocycles. The third-order valence-electron chi connectivity index (χ3n) is 5.14. The number of aromatic nitrogens is 3. The summed E-state index contributed by atoms with van der Waals surface area (Å²) in [7, 11) is 2.85. The fourth-order valence-corrected chi connectivity index (χ4v) is 4.45. The lowest BCUT2D eigenvalue weighted by atomic mass is 10.2. The van der Waals surface area contributed by atoms with Crippen molar-refractivity contribution in [3.8, 4) is 28.9 Å². The number of amides is 1. The van der Waals surface area contributed by atoms with Crippen molar-refractivity contribution < 1.29 is 23.7 Å². The van der Waals surface area contributed by atoms with Crippen LogP contribution in [0.5, 0.6) is 23.1 Å². The van der Waals surface area contributed by atoms with Crippen LogP contribution in [0, 0.1) is 0 Å². The Morgan fingerprint density at radius 3 is 2.76 bits per heavy atom. The summed E-state index contributed by atoms with van der Waals surface area (Å²) in [5, 5.41) is 2.81. The summed E-state index contributed by atoms with van der Waals surface area (Å²) in [6, 6.07) is 9.88. The zero-order chi connectivity index (χ0) is 23.8. The first-order valence-electron chi connectivity index (χ1n) is 10.0. The van der Waals surface area contributed by atoms with Crippen LogP contribution in [0.3, 0.4) is 0 Å². The third-order valence-corrected chi connectivity index (χ3v) is 6.26. The summed E-state index contributed by atoms with van der Waals surface area (Å²) >= 11 is 0.978. The van der Waals surface area contributed by atoms with Gasteiger partial charge in [-0.3, -0.25) is 9.59 Å². The van der Waals surface area contributed by atoms with Crippen molar-refractivity contribution in [2.75, 3.05) is 21.0 Å². The second-order valence-electron chi connectivity index (χ2n) is 7.18. The van der Waals surface area contributed by atoms with Crippen LogP contribution < -0.4 is 35.5 Å². The Balaban J connectivity index is 1.43. The highest BCUT2D eigenvalue weighted by molar-refractivity contribution is 7.20. The fraction of sp³-hybridized carbons (Fsp3) is 0.182. The van der Waals surface area contributed by atoms with Crippen LogP contribution in [0.15, 0.2) is 46.0 Å². The molecule has 174 valence electrons. The largest absolute Gasteiger partial charge is 0.491 e. The predicted molar refractivity (Wildman–Crippen MR) is 123 cm³/mol. The van der Waals surface area contributed by atoms with Gasteiger partial charge >= 0.3 is 5.69 Å². The molecule has 0 fully saturated rings. The predicted octanol–water partition coefficient (Wildman–Crippen LogP) is 1.81. The van der Waals surface area contributed by atoms with Crippen LogP contribution >= 0.6 is 11.3 Å². The van der Waals surface area contributed by atoms with Crippen molar-refractivity contribution in [2.45, 2.75) is 6.54 Å². The van der Waals surface area contributed by atoms with Gasteiger partial charge in [0.25, 0.3) is 17.3 Å². The normalized spacial score (nSPS) is 12.1. The molecule has 34 heavy (non-hydrogen) atoms.